The number of nitrogens with zero attached hydrogens (tertiary/aromatic N) is 2. The number of likely N-dealkylation sites (N-methyl/N-ethyl adjacent to an activating group) is 1. The van der Waals surface area contributed by atoms with Gasteiger partial charge in [0.05, 0.1) is 21.3 Å². The summed E-state index contributed by atoms with van der Waals surface area (Å²) in [4.78, 5) is 45.5. The van der Waals surface area contributed by atoms with Crippen molar-refractivity contribution in [3.63, 3.8) is 0 Å². The fraction of sp³-hybridized carbons (Fsp3) is 0.379. The maximum absolute atomic E-state index is 13.6. The lowest BCUT2D eigenvalue weighted by Gasteiger charge is -2.25. The smallest absolute Gasteiger partial charge is 0.248 e. The molecule has 0 saturated carbocycles. The molecular formula is C29H34ClN5O3S. The number of carbonyl (C=O) groups is 3. The second kappa shape index (κ2) is 13.7. The molecule has 10 heteroatoms. The van der Waals surface area contributed by atoms with Gasteiger partial charge in [-0.1, -0.05) is 54.9 Å². The van der Waals surface area contributed by atoms with E-state index in [4.69, 9.17) is 11.6 Å². The lowest BCUT2D eigenvalue weighted by Crippen LogP contribution is -2.53. The minimum atomic E-state index is -0.808. The highest BCUT2D eigenvalue weighted by molar-refractivity contribution is 7.18. The minimum Gasteiger partial charge on any atom is -0.350 e. The summed E-state index contributed by atoms with van der Waals surface area (Å²) in [6, 6.07) is 14.1. The highest BCUT2D eigenvalue weighted by Crippen LogP contribution is 2.26. The molecule has 0 fully saturated rings. The molecule has 3 amide bonds. The highest BCUT2D eigenvalue weighted by Gasteiger charge is 2.26. The average Bonchev–Trinajstić information content (AvgIpc) is 3.33. The quantitative estimate of drug-likeness (QED) is 0.329. The van der Waals surface area contributed by atoms with Crippen LogP contribution >= 0.6 is 22.9 Å². The first-order valence-corrected chi connectivity index (χ1v) is 14.3. The van der Waals surface area contributed by atoms with E-state index < -0.39 is 6.04 Å². The van der Waals surface area contributed by atoms with Crippen molar-refractivity contribution in [2.75, 3.05) is 26.7 Å². The van der Waals surface area contributed by atoms with E-state index >= 15 is 0 Å². The van der Waals surface area contributed by atoms with E-state index in [1.54, 1.807) is 13.0 Å². The van der Waals surface area contributed by atoms with Gasteiger partial charge in [0, 0.05) is 43.1 Å². The molecule has 3 N–H and O–H groups in total. The van der Waals surface area contributed by atoms with Crippen LogP contribution in [-0.2, 0) is 27.2 Å². The van der Waals surface area contributed by atoms with Crippen LogP contribution in [0.15, 0.2) is 60.2 Å². The molecule has 1 aliphatic heterocycles. The summed E-state index contributed by atoms with van der Waals surface area (Å²) in [6.07, 6.45) is 3.84. The summed E-state index contributed by atoms with van der Waals surface area (Å²) in [6.45, 7) is 3.53. The first-order valence-electron chi connectivity index (χ1n) is 13.1. The van der Waals surface area contributed by atoms with Crippen LogP contribution in [0.5, 0.6) is 0 Å². The number of amides is 3. The fourth-order valence-electron chi connectivity index (χ4n) is 4.48. The van der Waals surface area contributed by atoms with Crippen molar-refractivity contribution in [3.8, 4) is 0 Å². The van der Waals surface area contributed by atoms with E-state index in [9.17, 15) is 14.4 Å². The van der Waals surface area contributed by atoms with Gasteiger partial charge in [0.1, 0.15) is 6.04 Å². The van der Waals surface area contributed by atoms with E-state index in [0.717, 1.165) is 39.3 Å². The zero-order valence-corrected chi connectivity index (χ0v) is 23.8. The largest absolute Gasteiger partial charge is 0.350 e. The van der Waals surface area contributed by atoms with Crippen molar-refractivity contribution >= 4 is 50.9 Å². The lowest BCUT2D eigenvalue weighted by atomic mass is 10.0. The number of aromatic nitrogens is 1. The molecule has 1 aromatic heterocycles. The Kier molecular flexibility index (Phi) is 10.1. The molecule has 206 valence electrons. The molecule has 2 aromatic carbocycles. The SMILES string of the molecule is CCC(=O)N[C@@H](Cc1nc2ccc(Cl)cc2s1)C(=O)NC(CNC(=O)C1=CCCN(C)C1)Cc1ccccc1. The number of hydrogen-bond donors (Lipinski definition) is 3. The van der Waals surface area contributed by atoms with Crippen molar-refractivity contribution in [2.45, 2.75) is 44.7 Å². The number of thiazole rings is 1. The van der Waals surface area contributed by atoms with Crippen LogP contribution in [0.25, 0.3) is 10.2 Å². The number of nitrogens with one attached hydrogen (secondary N) is 3. The minimum absolute atomic E-state index is 0.127. The van der Waals surface area contributed by atoms with Gasteiger partial charge in [-0.2, -0.15) is 0 Å². The van der Waals surface area contributed by atoms with Gasteiger partial charge in [-0.25, -0.2) is 4.98 Å². The average molecular weight is 568 g/mol. The summed E-state index contributed by atoms with van der Waals surface area (Å²) < 4.78 is 0.922. The predicted molar refractivity (Wildman–Crippen MR) is 156 cm³/mol. The third kappa shape index (κ3) is 8.36. The van der Waals surface area contributed by atoms with Gasteiger partial charge >= 0.3 is 0 Å². The first kappa shape index (κ1) is 28.7. The van der Waals surface area contributed by atoms with Gasteiger partial charge in [0.2, 0.25) is 17.7 Å². The zero-order valence-electron chi connectivity index (χ0n) is 22.2. The van der Waals surface area contributed by atoms with E-state index in [2.05, 4.69) is 25.8 Å². The molecule has 2 atom stereocenters. The molecule has 2 heterocycles. The van der Waals surface area contributed by atoms with Crippen LogP contribution in [0.1, 0.15) is 30.3 Å². The maximum atomic E-state index is 13.6. The van der Waals surface area contributed by atoms with Crippen LogP contribution in [0.4, 0.5) is 0 Å². The maximum Gasteiger partial charge on any atom is 0.248 e. The molecule has 1 unspecified atom stereocenters. The Morgan fingerprint density at radius 2 is 1.90 bits per heavy atom. The monoisotopic (exact) mass is 567 g/mol. The van der Waals surface area contributed by atoms with Crippen molar-refractivity contribution in [1.29, 1.82) is 0 Å². The van der Waals surface area contributed by atoms with Crippen LogP contribution in [0.2, 0.25) is 5.02 Å². The molecule has 1 aliphatic rings. The highest BCUT2D eigenvalue weighted by atomic mass is 35.5. The molecule has 0 saturated heterocycles. The number of fused-ring (bicyclic) bond motifs is 1. The second-order valence-corrected chi connectivity index (χ2v) is 11.3. The van der Waals surface area contributed by atoms with E-state index in [-0.39, 0.29) is 43.1 Å². The Morgan fingerprint density at radius 3 is 2.64 bits per heavy atom. The number of benzene rings is 2. The molecule has 0 radical (unpaired) electrons. The van der Waals surface area contributed by atoms with Gasteiger partial charge in [-0.15, -0.1) is 11.3 Å². The summed E-state index contributed by atoms with van der Waals surface area (Å²) in [7, 11) is 1.99. The summed E-state index contributed by atoms with van der Waals surface area (Å²) in [5.41, 5.74) is 2.57. The number of rotatable bonds is 11. The van der Waals surface area contributed by atoms with Crippen molar-refractivity contribution in [2.24, 2.45) is 0 Å². The van der Waals surface area contributed by atoms with E-state index in [0.29, 0.717) is 18.0 Å². The van der Waals surface area contributed by atoms with Crippen LogP contribution in [-0.4, -0.2) is 66.4 Å². The van der Waals surface area contributed by atoms with E-state index in [1.165, 1.54) is 11.3 Å². The molecule has 8 nitrogen and oxygen atoms in total. The Morgan fingerprint density at radius 1 is 1.10 bits per heavy atom. The molecule has 39 heavy (non-hydrogen) atoms. The number of halogens is 1. The summed E-state index contributed by atoms with van der Waals surface area (Å²) >= 11 is 7.58. The van der Waals surface area contributed by atoms with Crippen molar-refractivity contribution in [3.05, 3.63) is 75.8 Å². The van der Waals surface area contributed by atoms with Gasteiger partial charge in [-0.05, 0) is 43.7 Å². The number of hydrogen-bond acceptors (Lipinski definition) is 6. The molecule has 3 aromatic rings. The summed E-state index contributed by atoms with van der Waals surface area (Å²) in [5.74, 6) is -0.667. The first-order chi connectivity index (χ1) is 18.8. The topological polar surface area (TPSA) is 103 Å². The summed E-state index contributed by atoms with van der Waals surface area (Å²) in [5, 5.41) is 10.3. The third-order valence-electron chi connectivity index (χ3n) is 6.56. The Bertz CT molecular complexity index is 1340. The van der Waals surface area contributed by atoms with Gasteiger partial charge in [-0.3, -0.25) is 14.4 Å². The third-order valence-corrected chi connectivity index (χ3v) is 7.84. The predicted octanol–water partition coefficient (Wildman–Crippen LogP) is 3.49. The van der Waals surface area contributed by atoms with Gasteiger partial charge < -0.3 is 20.9 Å². The Labute approximate surface area is 237 Å². The Hall–Kier alpha value is -3.27. The van der Waals surface area contributed by atoms with Gasteiger partial charge in [0.25, 0.3) is 0 Å². The molecule has 0 spiro atoms. The van der Waals surface area contributed by atoms with Gasteiger partial charge in [0.15, 0.2) is 0 Å². The van der Waals surface area contributed by atoms with Crippen LogP contribution in [0.3, 0.4) is 0 Å². The van der Waals surface area contributed by atoms with Crippen LogP contribution < -0.4 is 16.0 Å². The fourth-order valence-corrected chi connectivity index (χ4v) is 5.76. The molecular weight excluding hydrogens is 534 g/mol. The standard InChI is InChI=1S/C29H34ClN5O3S/c1-3-26(36)33-24(16-27-34-23-12-11-21(30)15-25(23)39-27)29(38)32-22(14-19-8-5-4-6-9-19)17-31-28(37)20-10-7-13-35(2)18-20/h4-6,8-12,15,22,24H,3,7,13-14,16-18H2,1-2H3,(H,31,37)(H,32,38)(H,33,36)/t22?,24-/m0/s1. The Balaban J connectivity index is 1.49. The molecule has 4 rings (SSSR count). The van der Waals surface area contributed by atoms with E-state index in [1.807, 2.05) is 55.6 Å². The molecule has 0 bridgehead atoms. The second-order valence-electron chi connectivity index (χ2n) is 9.76. The van der Waals surface area contributed by atoms with Crippen LogP contribution in [0, 0.1) is 0 Å². The normalized spacial score (nSPS) is 15.3. The van der Waals surface area contributed by atoms with Crippen molar-refractivity contribution < 1.29 is 14.4 Å². The van der Waals surface area contributed by atoms with Crippen molar-refractivity contribution in [1.82, 2.24) is 25.8 Å². The molecule has 0 aliphatic carbocycles. The lowest BCUT2D eigenvalue weighted by molar-refractivity contribution is -0.129. The number of carbonyl (C=O) groups excluding carboxylic acids is 3. The zero-order chi connectivity index (χ0) is 27.8.